The van der Waals surface area contributed by atoms with Crippen LogP contribution in [0.15, 0.2) is 11.6 Å². The summed E-state index contributed by atoms with van der Waals surface area (Å²) in [5.74, 6) is -0.757. The van der Waals surface area contributed by atoms with Crippen molar-refractivity contribution in [3.63, 3.8) is 0 Å². The molecule has 1 N–H and O–H groups in total. The summed E-state index contributed by atoms with van der Waals surface area (Å²) >= 11 is 0. The van der Waals surface area contributed by atoms with Crippen molar-refractivity contribution in [1.29, 1.82) is 0 Å². The van der Waals surface area contributed by atoms with E-state index in [1.807, 2.05) is 13.8 Å². The van der Waals surface area contributed by atoms with Gasteiger partial charge in [0.1, 0.15) is 0 Å². The van der Waals surface area contributed by atoms with Crippen molar-refractivity contribution in [1.82, 2.24) is 0 Å². The highest BCUT2D eigenvalue weighted by atomic mass is 31.2. The molecule has 5 heteroatoms. The van der Waals surface area contributed by atoms with E-state index in [1.165, 1.54) is 0 Å². The molecule has 0 radical (unpaired) electrons. The van der Waals surface area contributed by atoms with Crippen molar-refractivity contribution in [2.45, 2.75) is 53.4 Å². The monoisotopic (exact) mass is 304 g/mol. The van der Waals surface area contributed by atoms with E-state index in [1.54, 1.807) is 13.0 Å². The Morgan fingerprint density at radius 2 is 1.95 bits per heavy atom. The van der Waals surface area contributed by atoms with Crippen LogP contribution >= 0.6 is 7.37 Å². The molecule has 1 atom stereocenters. The number of unbranched alkanes of at least 4 members (excludes halogenated alkanes) is 3. The summed E-state index contributed by atoms with van der Waals surface area (Å²) in [5.41, 5.74) is 0.235. The largest absolute Gasteiger partial charge is 0.478 e. The molecule has 0 amide bonds. The molecular weight excluding hydrogens is 275 g/mol. The smallest absolute Gasteiger partial charge is 0.331 e. The molecule has 0 aliphatic rings. The van der Waals surface area contributed by atoms with Crippen LogP contribution in [-0.4, -0.2) is 30.0 Å². The van der Waals surface area contributed by atoms with E-state index < -0.39 is 13.3 Å². The standard InChI is InChI=1S/C15H29O4P/c1-5-7-8-9-10-14(15(16)17)12-20(18,19-6-2)11-13(3)4/h10,13H,5-9,11-12H2,1-4H3,(H,16,17)/b14-10+. The molecule has 0 aliphatic carbocycles. The second-order valence-corrected chi connectivity index (χ2v) is 8.07. The second-order valence-electron chi connectivity index (χ2n) is 5.50. The van der Waals surface area contributed by atoms with Crippen LogP contribution < -0.4 is 0 Å². The van der Waals surface area contributed by atoms with Gasteiger partial charge in [-0.2, -0.15) is 0 Å². The molecule has 20 heavy (non-hydrogen) atoms. The lowest BCUT2D eigenvalue weighted by Crippen LogP contribution is -2.11. The van der Waals surface area contributed by atoms with Crippen LogP contribution in [0.1, 0.15) is 53.4 Å². The third-order valence-electron chi connectivity index (χ3n) is 2.89. The second kappa shape index (κ2) is 10.2. The SMILES string of the molecule is CCCCC/C=C(\CP(=O)(CC(C)C)OCC)C(=O)O. The number of rotatable bonds is 11. The van der Waals surface area contributed by atoms with Crippen molar-refractivity contribution in [2.75, 3.05) is 18.9 Å². The van der Waals surface area contributed by atoms with Crippen molar-refractivity contribution < 1.29 is 19.0 Å². The van der Waals surface area contributed by atoms with Gasteiger partial charge in [-0.15, -0.1) is 0 Å². The number of carbonyl (C=O) groups is 1. The minimum Gasteiger partial charge on any atom is -0.478 e. The zero-order chi connectivity index (χ0) is 15.6. The van der Waals surface area contributed by atoms with Gasteiger partial charge in [0, 0.05) is 11.7 Å². The molecular formula is C15H29O4P. The zero-order valence-electron chi connectivity index (χ0n) is 13.2. The van der Waals surface area contributed by atoms with Gasteiger partial charge < -0.3 is 9.63 Å². The minimum atomic E-state index is -2.89. The first-order valence-corrected chi connectivity index (χ1v) is 9.49. The van der Waals surface area contributed by atoms with Crippen LogP contribution in [0.5, 0.6) is 0 Å². The highest BCUT2D eigenvalue weighted by Gasteiger charge is 2.27. The first-order valence-electron chi connectivity index (χ1n) is 7.49. The fourth-order valence-corrected chi connectivity index (χ4v) is 4.80. The van der Waals surface area contributed by atoms with Crippen molar-refractivity contribution in [3.05, 3.63) is 11.6 Å². The van der Waals surface area contributed by atoms with E-state index >= 15 is 0 Å². The Balaban J connectivity index is 4.82. The van der Waals surface area contributed by atoms with Crippen LogP contribution in [0, 0.1) is 5.92 Å². The van der Waals surface area contributed by atoms with E-state index in [0.717, 1.165) is 25.7 Å². The fourth-order valence-electron chi connectivity index (χ4n) is 2.10. The lowest BCUT2D eigenvalue weighted by Gasteiger charge is -2.20. The van der Waals surface area contributed by atoms with Crippen molar-refractivity contribution >= 4 is 13.3 Å². The molecule has 0 aromatic rings. The Bertz CT molecular complexity index is 361. The van der Waals surface area contributed by atoms with Gasteiger partial charge in [-0.05, 0) is 25.7 Å². The summed E-state index contributed by atoms with van der Waals surface area (Å²) in [6.07, 6.45) is 6.06. The average Bonchev–Trinajstić information content (AvgIpc) is 2.32. The Morgan fingerprint density at radius 1 is 1.30 bits per heavy atom. The number of hydrogen-bond acceptors (Lipinski definition) is 3. The maximum atomic E-state index is 12.7. The minimum absolute atomic E-state index is 0.0421. The number of hydrogen-bond donors (Lipinski definition) is 1. The van der Waals surface area contributed by atoms with Gasteiger partial charge in [0.15, 0.2) is 0 Å². The summed E-state index contributed by atoms with van der Waals surface area (Å²) < 4.78 is 18.1. The zero-order valence-corrected chi connectivity index (χ0v) is 14.1. The lowest BCUT2D eigenvalue weighted by molar-refractivity contribution is -0.132. The van der Waals surface area contributed by atoms with Crippen LogP contribution in [-0.2, 0) is 13.9 Å². The Kier molecular flexibility index (Phi) is 9.87. The topological polar surface area (TPSA) is 63.6 Å². The third-order valence-corrected chi connectivity index (χ3v) is 5.73. The lowest BCUT2D eigenvalue weighted by atomic mass is 10.1. The Morgan fingerprint density at radius 3 is 2.40 bits per heavy atom. The summed E-state index contributed by atoms with van der Waals surface area (Å²) in [5, 5.41) is 9.25. The summed E-state index contributed by atoms with van der Waals surface area (Å²) in [6, 6.07) is 0. The number of carboxylic acid groups (broad SMARTS) is 1. The van der Waals surface area contributed by atoms with Gasteiger partial charge in [-0.1, -0.05) is 39.7 Å². The quantitative estimate of drug-likeness (QED) is 0.345. The molecule has 0 spiro atoms. The maximum absolute atomic E-state index is 12.7. The van der Waals surface area contributed by atoms with E-state index in [-0.39, 0.29) is 17.7 Å². The third kappa shape index (κ3) is 8.55. The molecule has 0 aromatic carbocycles. The predicted molar refractivity (Wildman–Crippen MR) is 83.7 cm³/mol. The first-order chi connectivity index (χ1) is 9.34. The molecule has 0 aromatic heterocycles. The molecule has 0 rings (SSSR count). The Hall–Kier alpha value is -0.600. The van der Waals surface area contributed by atoms with Crippen molar-refractivity contribution in [2.24, 2.45) is 5.92 Å². The summed E-state index contributed by atoms with van der Waals surface area (Å²) in [6.45, 7) is 8.19. The highest BCUT2D eigenvalue weighted by molar-refractivity contribution is 7.59. The van der Waals surface area contributed by atoms with E-state index in [0.29, 0.717) is 12.8 Å². The molecule has 0 saturated heterocycles. The molecule has 0 fully saturated rings. The van der Waals surface area contributed by atoms with Gasteiger partial charge in [0.25, 0.3) is 0 Å². The molecule has 118 valence electrons. The predicted octanol–water partition coefficient (Wildman–Crippen LogP) is 4.55. The van der Waals surface area contributed by atoms with Crippen LogP contribution in [0.3, 0.4) is 0 Å². The molecule has 4 nitrogen and oxygen atoms in total. The van der Waals surface area contributed by atoms with Crippen LogP contribution in [0.25, 0.3) is 0 Å². The first kappa shape index (κ1) is 19.4. The van der Waals surface area contributed by atoms with E-state index in [4.69, 9.17) is 4.52 Å². The average molecular weight is 304 g/mol. The normalized spacial score (nSPS) is 15.3. The van der Waals surface area contributed by atoms with Gasteiger partial charge >= 0.3 is 5.97 Å². The van der Waals surface area contributed by atoms with Gasteiger partial charge in [-0.25, -0.2) is 4.79 Å². The fraction of sp³-hybridized carbons (Fsp3) is 0.800. The van der Waals surface area contributed by atoms with Gasteiger partial charge in [-0.3, -0.25) is 4.57 Å². The van der Waals surface area contributed by atoms with Crippen molar-refractivity contribution in [3.8, 4) is 0 Å². The molecule has 0 saturated carbocycles. The maximum Gasteiger partial charge on any atom is 0.331 e. The number of carboxylic acids is 1. The summed E-state index contributed by atoms with van der Waals surface area (Å²) in [4.78, 5) is 11.3. The molecule has 0 heterocycles. The molecule has 1 unspecified atom stereocenters. The Labute approximate surface area is 123 Å². The van der Waals surface area contributed by atoms with Crippen LogP contribution in [0.2, 0.25) is 0 Å². The van der Waals surface area contributed by atoms with Crippen LogP contribution in [0.4, 0.5) is 0 Å². The number of allylic oxidation sites excluding steroid dienone is 1. The van der Waals surface area contributed by atoms with E-state index in [2.05, 4.69) is 6.92 Å². The van der Waals surface area contributed by atoms with E-state index in [9.17, 15) is 14.5 Å². The molecule has 0 bridgehead atoms. The van der Waals surface area contributed by atoms with Gasteiger partial charge in [0.05, 0.1) is 12.8 Å². The molecule has 0 aliphatic heterocycles. The summed E-state index contributed by atoms with van der Waals surface area (Å²) in [7, 11) is -2.89. The number of aliphatic carboxylic acids is 1. The van der Waals surface area contributed by atoms with Gasteiger partial charge in [0.2, 0.25) is 7.37 Å². The highest BCUT2D eigenvalue weighted by Crippen LogP contribution is 2.50.